The molecule has 4 heteroatoms. The zero-order valence-electron chi connectivity index (χ0n) is 13.2. The molecule has 19 heavy (non-hydrogen) atoms. The number of hydrogen-bond donors (Lipinski definition) is 1. The fourth-order valence-corrected chi connectivity index (χ4v) is 2.80. The molecule has 1 spiro atoms. The van der Waals surface area contributed by atoms with Crippen LogP contribution in [0.1, 0.15) is 47.0 Å². The maximum atomic E-state index is 9.60. The smallest absolute Gasteiger partial charge is 0.293 e. The van der Waals surface area contributed by atoms with Crippen molar-refractivity contribution >= 4 is 6.47 Å². The van der Waals surface area contributed by atoms with E-state index in [0.29, 0.717) is 11.9 Å². The summed E-state index contributed by atoms with van der Waals surface area (Å²) >= 11 is 0. The molecule has 0 aliphatic carbocycles. The topological polar surface area (TPSA) is 41.6 Å². The van der Waals surface area contributed by atoms with Crippen molar-refractivity contribution in [1.29, 1.82) is 0 Å². The van der Waals surface area contributed by atoms with Gasteiger partial charge < -0.3 is 15.0 Å². The molecule has 0 amide bonds. The van der Waals surface area contributed by atoms with Crippen molar-refractivity contribution in [2.45, 2.75) is 58.6 Å². The molecule has 0 saturated carbocycles. The minimum atomic E-state index is -0.318. The Morgan fingerprint density at radius 3 is 2.21 bits per heavy atom. The minimum absolute atomic E-state index is 0.318. The molecule has 0 aromatic heterocycles. The van der Waals surface area contributed by atoms with Gasteiger partial charge in [-0.2, -0.15) is 0 Å². The summed E-state index contributed by atoms with van der Waals surface area (Å²) in [6, 6.07) is 0.758. The number of ether oxygens (including phenoxy) is 1. The fraction of sp³-hybridized carbons (Fsp3) is 0.933. The van der Waals surface area contributed by atoms with Gasteiger partial charge in [-0.25, -0.2) is 0 Å². The molecule has 2 fully saturated rings. The van der Waals surface area contributed by atoms with Crippen molar-refractivity contribution < 1.29 is 9.53 Å². The zero-order chi connectivity index (χ0) is 14.5. The van der Waals surface area contributed by atoms with Gasteiger partial charge in [-0.15, -0.1) is 0 Å². The normalized spacial score (nSPS) is 26.7. The Balaban J connectivity index is 0.000000224. The van der Waals surface area contributed by atoms with Crippen molar-refractivity contribution in [2.24, 2.45) is 5.41 Å². The molecule has 2 aliphatic rings. The maximum absolute atomic E-state index is 9.60. The van der Waals surface area contributed by atoms with Crippen molar-refractivity contribution in [3.63, 3.8) is 0 Å². The number of carbonyl (C=O) groups excluding carboxylic acids is 1. The van der Waals surface area contributed by atoms with Gasteiger partial charge >= 0.3 is 0 Å². The summed E-state index contributed by atoms with van der Waals surface area (Å²) in [5.41, 5.74) is 0.355. The summed E-state index contributed by atoms with van der Waals surface area (Å²) < 4.78 is 4.55. The van der Waals surface area contributed by atoms with E-state index in [1.165, 1.54) is 38.9 Å². The highest BCUT2D eigenvalue weighted by Crippen LogP contribution is 2.38. The maximum Gasteiger partial charge on any atom is 0.293 e. The molecule has 4 nitrogen and oxygen atoms in total. The van der Waals surface area contributed by atoms with E-state index in [9.17, 15) is 4.79 Å². The Morgan fingerprint density at radius 1 is 1.32 bits per heavy atom. The van der Waals surface area contributed by atoms with Gasteiger partial charge in [0.15, 0.2) is 0 Å². The molecular weight excluding hydrogens is 240 g/mol. The van der Waals surface area contributed by atoms with Crippen LogP contribution in [0, 0.1) is 5.41 Å². The number of nitrogens with one attached hydrogen (secondary N) is 1. The Labute approximate surface area is 117 Å². The number of carbonyl (C=O) groups is 1. The molecule has 0 aromatic rings. The van der Waals surface area contributed by atoms with Gasteiger partial charge in [0.25, 0.3) is 6.47 Å². The lowest BCUT2D eigenvalue weighted by Gasteiger charge is -2.37. The van der Waals surface area contributed by atoms with Crippen LogP contribution in [0.2, 0.25) is 0 Å². The summed E-state index contributed by atoms with van der Waals surface area (Å²) in [5, 5.41) is 3.58. The predicted octanol–water partition coefficient (Wildman–Crippen LogP) is 2.04. The van der Waals surface area contributed by atoms with Gasteiger partial charge in [0.1, 0.15) is 5.60 Å². The second kappa shape index (κ2) is 6.71. The lowest BCUT2D eigenvalue weighted by molar-refractivity contribution is -0.138. The van der Waals surface area contributed by atoms with Crippen LogP contribution in [-0.4, -0.2) is 49.7 Å². The summed E-state index contributed by atoms with van der Waals surface area (Å²) in [6.45, 7) is 12.1. The molecule has 1 atom stereocenters. The van der Waals surface area contributed by atoms with E-state index in [4.69, 9.17) is 0 Å². The fourth-order valence-electron chi connectivity index (χ4n) is 2.80. The van der Waals surface area contributed by atoms with Gasteiger partial charge in [-0.05, 0) is 72.5 Å². The minimum Gasteiger partial charge on any atom is -0.462 e. The van der Waals surface area contributed by atoms with Gasteiger partial charge in [0.05, 0.1) is 0 Å². The average Bonchev–Trinajstić information content (AvgIpc) is 2.65. The van der Waals surface area contributed by atoms with E-state index in [0.717, 1.165) is 6.04 Å². The number of piperidine rings is 1. The van der Waals surface area contributed by atoms with Crippen LogP contribution in [0.4, 0.5) is 0 Å². The van der Waals surface area contributed by atoms with Crippen molar-refractivity contribution in [3.05, 3.63) is 0 Å². The second-order valence-electron chi connectivity index (χ2n) is 7.12. The van der Waals surface area contributed by atoms with E-state index >= 15 is 0 Å². The van der Waals surface area contributed by atoms with E-state index < -0.39 is 0 Å². The van der Waals surface area contributed by atoms with Crippen molar-refractivity contribution in [2.75, 3.05) is 26.7 Å². The SMILES string of the molecule is CC(C)(C)OC=O.CC1CC2(CCN(C)CC2)CN1. The lowest BCUT2D eigenvalue weighted by atomic mass is 9.77. The van der Waals surface area contributed by atoms with Gasteiger partial charge in [-0.1, -0.05) is 0 Å². The molecule has 0 radical (unpaired) electrons. The Morgan fingerprint density at radius 2 is 1.89 bits per heavy atom. The molecule has 2 saturated heterocycles. The number of rotatable bonds is 1. The quantitative estimate of drug-likeness (QED) is 0.740. The zero-order valence-corrected chi connectivity index (χ0v) is 13.2. The Bertz CT molecular complexity index is 278. The molecule has 0 aromatic carbocycles. The molecule has 1 unspecified atom stereocenters. The first-order chi connectivity index (χ1) is 8.76. The summed E-state index contributed by atoms with van der Waals surface area (Å²) in [7, 11) is 2.23. The van der Waals surface area contributed by atoms with Crippen LogP contribution in [0.25, 0.3) is 0 Å². The molecule has 1 N–H and O–H groups in total. The third-order valence-corrected chi connectivity index (χ3v) is 4.01. The molecule has 2 heterocycles. The van der Waals surface area contributed by atoms with Crippen LogP contribution < -0.4 is 5.32 Å². The second-order valence-corrected chi connectivity index (χ2v) is 7.12. The lowest BCUT2D eigenvalue weighted by Crippen LogP contribution is -2.39. The molecule has 2 aliphatic heterocycles. The monoisotopic (exact) mass is 270 g/mol. The first kappa shape index (κ1) is 16.4. The largest absolute Gasteiger partial charge is 0.462 e. The average molecular weight is 270 g/mol. The first-order valence-electron chi connectivity index (χ1n) is 7.30. The van der Waals surface area contributed by atoms with Gasteiger partial charge in [0.2, 0.25) is 0 Å². The molecule has 0 bridgehead atoms. The van der Waals surface area contributed by atoms with Crippen LogP contribution >= 0.6 is 0 Å². The van der Waals surface area contributed by atoms with Crippen molar-refractivity contribution in [1.82, 2.24) is 10.2 Å². The summed E-state index contributed by atoms with van der Waals surface area (Å²) in [4.78, 5) is 12.1. The number of likely N-dealkylation sites (tertiary alicyclic amines) is 1. The number of nitrogens with zero attached hydrogens (tertiary/aromatic N) is 1. The summed E-state index contributed by atoms with van der Waals surface area (Å²) in [6.07, 6.45) is 4.21. The predicted molar refractivity (Wildman–Crippen MR) is 78.1 cm³/mol. The molecule has 112 valence electrons. The van der Waals surface area contributed by atoms with Crippen molar-refractivity contribution in [3.8, 4) is 0 Å². The van der Waals surface area contributed by atoms with Gasteiger partial charge in [0, 0.05) is 12.6 Å². The van der Waals surface area contributed by atoms with Crippen LogP contribution in [0.15, 0.2) is 0 Å². The summed E-state index contributed by atoms with van der Waals surface area (Å²) in [5.74, 6) is 0. The molecule has 2 rings (SSSR count). The third-order valence-electron chi connectivity index (χ3n) is 4.01. The Kier molecular flexibility index (Phi) is 5.81. The Hall–Kier alpha value is -0.610. The van der Waals surface area contributed by atoms with E-state index in [1.54, 1.807) is 0 Å². The number of hydrogen-bond acceptors (Lipinski definition) is 4. The third kappa shape index (κ3) is 5.91. The van der Waals surface area contributed by atoms with E-state index in [-0.39, 0.29) is 5.60 Å². The van der Waals surface area contributed by atoms with E-state index in [1.807, 2.05) is 20.8 Å². The van der Waals surface area contributed by atoms with Crippen LogP contribution in [-0.2, 0) is 9.53 Å². The van der Waals surface area contributed by atoms with E-state index in [2.05, 4.69) is 28.9 Å². The van der Waals surface area contributed by atoms with Crippen LogP contribution in [0.3, 0.4) is 0 Å². The highest BCUT2D eigenvalue weighted by Gasteiger charge is 2.38. The first-order valence-corrected chi connectivity index (χ1v) is 7.30. The highest BCUT2D eigenvalue weighted by molar-refractivity contribution is 5.37. The standard InChI is InChI=1S/C10H20N2.C5H10O2/c1-9-7-10(8-11-9)3-5-12(2)6-4-10;1-5(2,3)7-4-6/h9,11H,3-8H2,1-2H3;4H,1-3H3. The van der Waals surface area contributed by atoms with Gasteiger partial charge in [-0.3, -0.25) is 4.79 Å². The van der Waals surface area contributed by atoms with Crippen LogP contribution in [0.5, 0.6) is 0 Å². The highest BCUT2D eigenvalue weighted by atomic mass is 16.5. The molecular formula is C15H30N2O2.